The van der Waals surface area contributed by atoms with Gasteiger partial charge in [0.25, 0.3) is 0 Å². The van der Waals surface area contributed by atoms with Crippen molar-refractivity contribution in [1.29, 1.82) is 0 Å². The van der Waals surface area contributed by atoms with Gasteiger partial charge in [0, 0.05) is 12.8 Å². The van der Waals surface area contributed by atoms with Crippen LogP contribution in [0, 0.1) is 0 Å². The fraction of sp³-hybridized carbons (Fsp3) is 0.667. The van der Waals surface area contributed by atoms with E-state index in [1.54, 1.807) is 5.57 Å². The Morgan fingerprint density at radius 1 is 1.64 bits per heavy atom. The largest absolute Gasteiger partial charge is 0.320 e. The van der Waals surface area contributed by atoms with Crippen molar-refractivity contribution >= 4 is 6.21 Å². The van der Waals surface area contributed by atoms with Crippen molar-refractivity contribution in [2.24, 2.45) is 4.99 Å². The van der Waals surface area contributed by atoms with Crippen LogP contribution >= 0.6 is 0 Å². The van der Waals surface area contributed by atoms with Gasteiger partial charge < -0.3 is 5.32 Å². The van der Waals surface area contributed by atoms with Crippen LogP contribution in [0.25, 0.3) is 0 Å². The lowest BCUT2D eigenvalue weighted by molar-refractivity contribution is 0.703. The van der Waals surface area contributed by atoms with Gasteiger partial charge in [0.05, 0.1) is 0 Å². The van der Waals surface area contributed by atoms with Crippen molar-refractivity contribution in [3.8, 4) is 0 Å². The van der Waals surface area contributed by atoms with E-state index in [0.717, 1.165) is 13.1 Å². The van der Waals surface area contributed by atoms with Gasteiger partial charge in [-0.1, -0.05) is 5.57 Å². The molecule has 1 N–H and O–H groups in total. The summed E-state index contributed by atoms with van der Waals surface area (Å²) in [6.07, 6.45) is 7.72. The van der Waals surface area contributed by atoms with E-state index in [9.17, 15) is 0 Å². The van der Waals surface area contributed by atoms with Gasteiger partial charge in [-0.25, -0.2) is 0 Å². The zero-order chi connectivity index (χ0) is 7.94. The van der Waals surface area contributed by atoms with Crippen LogP contribution in [0.4, 0.5) is 0 Å². The number of hydrogen-bond acceptors (Lipinski definition) is 2. The van der Waals surface area contributed by atoms with E-state index in [2.05, 4.69) is 16.4 Å². The van der Waals surface area contributed by atoms with Crippen molar-refractivity contribution in [3.05, 3.63) is 11.6 Å². The van der Waals surface area contributed by atoms with E-state index in [-0.39, 0.29) is 0 Å². The highest BCUT2D eigenvalue weighted by molar-refractivity contribution is 5.73. The van der Waals surface area contributed by atoms with E-state index in [0.29, 0.717) is 0 Å². The van der Waals surface area contributed by atoms with Crippen molar-refractivity contribution in [1.82, 2.24) is 5.32 Å². The molecule has 62 valence electrons. The number of allylic oxidation sites excluding steroid dienone is 1. The summed E-state index contributed by atoms with van der Waals surface area (Å²) >= 11 is 0. The average Bonchev–Trinajstić information content (AvgIpc) is 2.07. The molecule has 0 aromatic rings. The summed E-state index contributed by atoms with van der Waals surface area (Å²) in [4.78, 5) is 4.14. The highest BCUT2D eigenvalue weighted by Gasteiger charge is 1.98. The quantitative estimate of drug-likeness (QED) is 0.605. The molecule has 0 radical (unpaired) electrons. The summed E-state index contributed by atoms with van der Waals surface area (Å²) in [6, 6.07) is 0. The number of rotatable bonds is 4. The molecule has 0 amide bonds. The summed E-state index contributed by atoms with van der Waals surface area (Å²) in [6.45, 7) is 2.11. The van der Waals surface area contributed by atoms with Crippen LogP contribution < -0.4 is 5.32 Å². The molecule has 0 aliphatic carbocycles. The first-order valence-corrected chi connectivity index (χ1v) is 4.26. The Morgan fingerprint density at radius 2 is 2.55 bits per heavy atom. The molecule has 0 aromatic carbocycles. The molecule has 0 saturated carbocycles. The second-order valence-electron chi connectivity index (χ2n) is 2.84. The predicted molar refractivity (Wildman–Crippen MR) is 49.2 cm³/mol. The molecule has 0 atom stereocenters. The summed E-state index contributed by atoms with van der Waals surface area (Å²) in [7, 11) is 2.00. The predicted octanol–water partition coefficient (Wildman–Crippen LogP) is 1.39. The fourth-order valence-corrected chi connectivity index (χ4v) is 1.22. The SMILES string of the molecule is CNCCCC1=CC=NCC1. The zero-order valence-electron chi connectivity index (χ0n) is 7.14. The molecule has 0 spiro atoms. The molecule has 0 unspecified atom stereocenters. The van der Waals surface area contributed by atoms with Crippen LogP contribution in [0.15, 0.2) is 16.6 Å². The second kappa shape index (κ2) is 5.08. The third-order valence-corrected chi connectivity index (χ3v) is 1.90. The Kier molecular flexibility index (Phi) is 3.91. The van der Waals surface area contributed by atoms with Crippen molar-refractivity contribution in [2.45, 2.75) is 19.3 Å². The van der Waals surface area contributed by atoms with Gasteiger partial charge in [-0.3, -0.25) is 4.99 Å². The fourth-order valence-electron chi connectivity index (χ4n) is 1.22. The minimum Gasteiger partial charge on any atom is -0.320 e. The number of hydrogen-bond donors (Lipinski definition) is 1. The summed E-state index contributed by atoms with van der Waals surface area (Å²) in [5.74, 6) is 0. The van der Waals surface area contributed by atoms with E-state index in [1.807, 2.05) is 13.3 Å². The van der Waals surface area contributed by atoms with E-state index < -0.39 is 0 Å². The number of dihydropyridines is 1. The van der Waals surface area contributed by atoms with E-state index in [1.165, 1.54) is 19.3 Å². The van der Waals surface area contributed by atoms with Crippen LogP contribution in [-0.2, 0) is 0 Å². The smallest absolute Gasteiger partial charge is 0.0426 e. The maximum absolute atomic E-state index is 4.14. The summed E-state index contributed by atoms with van der Waals surface area (Å²) < 4.78 is 0. The average molecular weight is 152 g/mol. The molecule has 0 saturated heterocycles. The highest BCUT2D eigenvalue weighted by atomic mass is 14.8. The molecule has 1 rings (SSSR count). The molecular formula is C9H16N2. The van der Waals surface area contributed by atoms with Gasteiger partial charge in [0.15, 0.2) is 0 Å². The maximum atomic E-state index is 4.14. The summed E-state index contributed by atoms with van der Waals surface area (Å²) in [5.41, 5.74) is 1.55. The Bertz CT molecular complexity index is 159. The third kappa shape index (κ3) is 3.33. The molecule has 2 nitrogen and oxygen atoms in total. The van der Waals surface area contributed by atoms with Crippen LogP contribution in [0.1, 0.15) is 19.3 Å². The van der Waals surface area contributed by atoms with Gasteiger partial charge in [-0.2, -0.15) is 0 Å². The Balaban J connectivity index is 2.15. The van der Waals surface area contributed by atoms with Gasteiger partial charge in [0.2, 0.25) is 0 Å². The highest BCUT2D eigenvalue weighted by Crippen LogP contribution is 2.11. The molecule has 2 heteroatoms. The van der Waals surface area contributed by atoms with Gasteiger partial charge in [0.1, 0.15) is 0 Å². The van der Waals surface area contributed by atoms with Gasteiger partial charge in [-0.15, -0.1) is 0 Å². The van der Waals surface area contributed by atoms with Crippen LogP contribution in [-0.4, -0.2) is 26.4 Å². The standard InChI is InChI=1S/C9H16N2/c1-10-6-2-3-9-4-7-11-8-5-9/h4,7,10H,2-3,5-6,8H2,1H3. The topological polar surface area (TPSA) is 24.4 Å². The first-order chi connectivity index (χ1) is 5.43. The maximum Gasteiger partial charge on any atom is 0.0426 e. The van der Waals surface area contributed by atoms with Gasteiger partial charge >= 0.3 is 0 Å². The second-order valence-corrected chi connectivity index (χ2v) is 2.84. The van der Waals surface area contributed by atoms with Crippen molar-refractivity contribution in [2.75, 3.05) is 20.1 Å². The molecule has 1 aliphatic heterocycles. The minimum atomic E-state index is 0.991. The first-order valence-electron chi connectivity index (χ1n) is 4.26. The summed E-state index contributed by atoms with van der Waals surface area (Å²) in [5, 5.41) is 3.15. The van der Waals surface area contributed by atoms with Crippen LogP contribution in [0.3, 0.4) is 0 Å². The van der Waals surface area contributed by atoms with Crippen molar-refractivity contribution in [3.63, 3.8) is 0 Å². The molecule has 0 bridgehead atoms. The monoisotopic (exact) mass is 152 g/mol. The molecule has 1 aliphatic rings. The minimum absolute atomic E-state index is 0.991. The van der Waals surface area contributed by atoms with Crippen LogP contribution in [0.5, 0.6) is 0 Å². The Labute approximate surface area is 68.4 Å². The molecule has 11 heavy (non-hydrogen) atoms. The number of aliphatic imine (C=N–C) groups is 1. The molecule has 0 fully saturated rings. The van der Waals surface area contributed by atoms with Crippen molar-refractivity contribution < 1.29 is 0 Å². The van der Waals surface area contributed by atoms with E-state index >= 15 is 0 Å². The first kappa shape index (κ1) is 8.47. The number of nitrogens with zero attached hydrogens (tertiary/aromatic N) is 1. The lowest BCUT2D eigenvalue weighted by atomic mass is 10.1. The zero-order valence-corrected chi connectivity index (χ0v) is 7.14. The number of nitrogens with one attached hydrogen (secondary N) is 1. The third-order valence-electron chi connectivity index (χ3n) is 1.90. The van der Waals surface area contributed by atoms with Gasteiger partial charge in [-0.05, 0) is 38.9 Å². The Morgan fingerprint density at radius 3 is 3.18 bits per heavy atom. The Hall–Kier alpha value is -0.630. The normalized spacial score (nSPS) is 16.6. The molecular weight excluding hydrogens is 136 g/mol. The molecule has 1 heterocycles. The molecule has 0 aromatic heterocycles. The lowest BCUT2D eigenvalue weighted by Gasteiger charge is -2.07. The lowest BCUT2D eigenvalue weighted by Crippen LogP contribution is -2.08. The van der Waals surface area contributed by atoms with E-state index in [4.69, 9.17) is 0 Å². The van der Waals surface area contributed by atoms with Crippen LogP contribution in [0.2, 0.25) is 0 Å².